The molecule has 1 rings (SSSR count). The van der Waals surface area contributed by atoms with Crippen LogP contribution in [0.1, 0.15) is 61.8 Å². The monoisotopic (exact) mass is 526 g/mol. The van der Waals surface area contributed by atoms with E-state index in [0.29, 0.717) is 51.5 Å². The van der Waals surface area contributed by atoms with E-state index in [1.54, 1.807) is 0 Å². The van der Waals surface area contributed by atoms with Gasteiger partial charge in [0.1, 0.15) is 30.7 Å². The summed E-state index contributed by atoms with van der Waals surface area (Å²) in [6.07, 6.45) is 5.61. The molecule has 0 saturated carbocycles. The Labute approximate surface area is 215 Å². The van der Waals surface area contributed by atoms with Crippen molar-refractivity contribution in [1.29, 1.82) is 0 Å². The number of hydrogen-bond acceptors (Lipinski definition) is 8. The van der Waals surface area contributed by atoms with Crippen molar-refractivity contribution in [3.8, 4) is 0 Å². The van der Waals surface area contributed by atoms with Gasteiger partial charge >= 0.3 is 23.9 Å². The molecule has 1 aromatic rings. The van der Waals surface area contributed by atoms with Gasteiger partial charge in [0.15, 0.2) is 11.9 Å². The molecule has 0 aliphatic rings. The Kier molecular flexibility index (Phi) is 13.7. The Bertz CT molecular complexity index is 942. The van der Waals surface area contributed by atoms with Gasteiger partial charge in [-0.2, -0.15) is 0 Å². The van der Waals surface area contributed by atoms with Crippen molar-refractivity contribution in [1.82, 2.24) is 0 Å². The minimum absolute atomic E-state index is 0.169. The lowest BCUT2D eigenvalue weighted by Gasteiger charge is -2.15. The van der Waals surface area contributed by atoms with Gasteiger partial charge in [-0.15, -0.1) is 0 Å². The zero-order chi connectivity index (χ0) is 28.1. The first-order valence-corrected chi connectivity index (χ1v) is 12.3. The largest absolute Gasteiger partial charge is 0.480 e. The zero-order valence-electron chi connectivity index (χ0n) is 20.9. The number of hydrogen-bond donors (Lipinski definition) is 8. The first kappa shape index (κ1) is 31.9. The Morgan fingerprint density at radius 3 is 1.62 bits per heavy atom. The third kappa shape index (κ3) is 11.6. The molecule has 12 N–H and O–H groups in total. The van der Waals surface area contributed by atoms with Crippen LogP contribution < -0.4 is 27.5 Å². The second-order valence-electron chi connectivity index (χ2n) is 9.26. The van der Waals surface area contributed by atoms with Crippen LogP contribution in [0, 0.1) is 0 Å². The third-order valence-electron chi connectivity index (χ3n) is 6.23. The minimum atomic E-state index is -1.12. The zero-order valence-corrected chi connectivity index (χ0v) is 20.9. The highest BCUT2D eigenvalue weighted by molar-refractivity contribution is 5.74. The fourth-order valence-electron chi connectivity index (χ4n) is 3.93. The van der Waals surface area contributed by atoms with Crippen molar-refractivity contribution in [3.05, 3.63) is 29.1 Å². The number of unbranched alkanes of at least 4 members (excludes halogenated alkanes) is 1. The van der Waals surface area contributed by atoms with Crippen molar-refractivity contribution in [2.24, 2.45) is 22.9 Å². The molecule has 37 heavy (non-hydrogen) atoms. The summed E-state index contributed by atoms with van der Waals surface area (Å²) in [6.45, 7) is 0.503. The number of aryl methyl sites for hydroxylation is 3. The van der Waals surface area contributed by atoms with Crippen molar-refractivity contribution in [3.63, 3.8) is 0 Å². The summed E-state index contributed by atoms with van der Waals surface area (Å²) < 4.78 is 1.97. The molecule has 13 nitrogen and oxygen atoms in total. The van der Waals surface area contributed by atoms with Crippen LogP contribution in [0.4, 0.5) is 0 Å². The van der Waals surface area contributed by atoms with Gasteiger partial charge in [0.05, 0.1) is 0 Å². The molecule has 0 saturated heterocycles. The van der Waals surface area contributed by atoms with E-state index in [-0.39, 0.29) is 19.3 Å². The number of rotatable bonds is 19. The van der Waals surface area contributed by atoms with Crippen molar-refractivity contribution in [2.75, 3.05) is 0 Å². The molecule has 208 valence electrons. The van der Waals surface area contributed by atoms with E-state index in [4.69, 9.17) is 38.3 Å². The van der Waals surface area contributed by atoms with Crippen LogP contribution in [-0.4, -0.2) is 68.5 Å². The minimum Gasteiger partial charge on any atom is -0.480 e. The average molecular weight is 527 g/mol. The number of carbonyl (C=O) groups is 4. The molecular formula is C24H40N5O8+. The van der Waals surface area contributed by atoms with Gasteiger partial charge < -0.3 is 43.4 Å². The van der Waals surface area contributed by atoms with E-state index in [9.17, 15) is 24.3 Å². The second-order valence-corrected chi connectivity index (χ2v) is 9.26. The molecule has 0 spiro atoms. The Balaban J connectivity index is 3.24. The van der Waals surface area contributed by atoms with Gasteiger partial charge in [0.25, 0.3) is 0 Å². The van der Waals surface area contributed by atoms with Crippen molar-refractivity contribution < 1.29 is 44.2 Å². The molecular weight excluding hydrogens is 486 g/mol. The van der Waals surface area contributed by atoms with Crippen LogP contribution in [0.2, 0.25) is 0 Å². The van der Waals surface area contributed by atoms with E-state index < -0.39 is 48.0 Å². The number of nitrogens with two attached hydrogens (primary N) is 4. The summed E-state index contributed by atoms with van der Waals surface area (Å²) >= 11 is 0. The molecule has 4 atom stereocenters. The number of carboxylic acid groups (broad SMARTS) is 4. The topological polar surface area (TPSA) is 257 Å². The molecule has 0 unspecified atom stereocenters. The maximum absolute atomic E-state index is 11.2. The number of nitrogens with zero attached hydrogens (tertiary/aromatic N) is 1. The van der Waals surface area contributed by atoms with Gasteiger partial charge in [0, 0.05) is 24.0 Å². The highest BCUT2D eigenvalue weighted by atomic mass is 16.4. The van der Waals surface area contributed by atoms with Gasteiger partial charge in [-0.25, -0.2) is 4.57 Å². The first-order valence-electron chi connectivity index (χ1n) is 12.3. The molecule has 0 bridgehead atoms. The van der Waals surface area contributed by atoms with Crippen molar-refractivity contribution >= 4 is 23.9 Å². The predicted octanol–water partition coefficient (Wildman–Crippen LogP) is -1.02. The molecule has 0 aliphatic carbocycles. The van der Waals surface area contributed by atoms with Crippen LogP contribution >= 0.6 is 0 Å². The Morgan fingerprint density at radius 1 is 0.649 bits per heavy atom. The lowest BCUT2D eigenvalue weighted by Crippen LogP contribution is -2.41. The van der Waals surface area contributed by atoms with Crippen LogP contribution in [0.5, 0.6) is 0 Å². The summed E-state index contributed by atoms with van der Waals surface area (Å²) in [5.74, 6) is -4.40. The van der Waals surface area contributed by atoms with E-state index in [2.05, 4.69) is 0 Å². The molecule has 0 radical (unpaired) electrons. The van der Waals surface area contributed by atoms with Gasteiger partial charge in [0.2, 0.25) is 0 Å². The lowest BCUT2D eigenvalue weighted by atomic mass is 9.96. The van der Waals surface area contributed by atoms with E-state index in [1.165, 1.54) is 0 Å². The van der Waals surface area contributed by atoms with Crippen LogP contribution in [0.15, 0.2) is 12.3 Å². The van der Waals surface area contributed by atoms with E-state index in [1.807, 2.05) is 16.8 Å². The predicted molar refractivity (Wildman–Crippen MR) is 133 cm³/mol. The lowest BCUT2D eigenvalue weighted by molar-refractivity contribution is -0.705. The number of aromatic nitrogens is 1. The Morgan fingerprint density at radius 2 is 1.11 bits per heavy atom. The highest BCUT2D eigenvalue weighted by Gasteiger charge is 2.23. The number of carboxylic acids is 4. The van der Waals surface area contributed by atoms with Crippen molar-refractivity contribution in [2.45, 2.75) is 94.9 Å². The third-order valence-corrected chi connectivity index (χ3v) is 6.23. The van der Waals surface area contributed by atoms with Crippen LogP contribution in [-0.2, 0) is 45.0 Å². The smallest absolute Gasteiger partial charge is 0.320 e. The standard InChI is InChI=1S/C24H39N5O8/c25-16(21(30)31)4-1-2-11-29-13-14(7-9-18(27)23(34)35)12-15(8-10-19(28)24(36)37)20(29)6-3-5-17(26)22(32)33/h12-13,16-19H,1-11,25-28H2,(H3-,30,31,32,33,34,35,36,37)/p+1/t16-,17-,18-,19-/m0/s1. The molecule has 0 aromatic carbocycles. The fraction of sp³-hybridized carbons (Fsp3) is 0.625. The molecule has 1 heterocycles. The molecule has 0 aliphatic heterocycles. The summed E-state index contributed by atoms with van der Waals surface area (Å²) in [6, 6.07) is -2.19. The van der Waals surface area contributed by atoms with E-state index in [0.717, 1.165) is 16.8 Å². The summed E-state index contributed by atoms with van der Waals surface area (Å²) in [5.41, 5.74) is 25.1. The van der Waals surface area contributed by atoms with E-state index >= 15 is 0 Å². The first-order chi connectivity index (χ1) is 17.3. The van der Waals surface area contributed by atoms with Gasteiger partial charge in [-0.05, 0) is 57.4 Å². The summed E-state index contributed by atoms with van der Waals surface area (Å²) in [4.78, 5) is 44.5. The van der Waals surface area contributed by atoms with Gasteiger partial charge in [-0.3, -0.25) is 19.2 Å². The SMILES string of the molecule is N[C@@H](CCCC[n+]1cc(CC[C@H](N)C(=O)O)cc(CC[C@H](N)C(=O)O)c1CCC[C@H](N)C(=O)O)C(=O)O. The van der Waals surface area contributed by atoms with Crippen LogP contribution in [0.25, 0.3) is 0 Å². The highest BCUT2D eigenvalue weighted by Crippen LogP contribution is 2.17. The number of aliphatic carboxylic acids is 4. The quantitative estimate of drug-likeness (QED) is 0.0795. The summed E-state index contributed by atoms with van der Waals surface area (Å²) in [5, 5.41) is 36.4. The average Bonchev–Trinajstić information content (AvgIpc) is 2.83. The second kappa shape index (κ2) is 15.9. The maximum atomic E-state index is 11.2. The number of pyridine rings is 1. The van der Waals surface area contributed by atoms with Gasteiger partial charge in [-0.1, -0.05) is 0 Å². The summed E-state index contributed by atoms with van der Waals surface area (Å²) in [7, 11) is 0. The maximum Gasteiger partial charge on any atom is 0.320 e. The normalized spacial score (nSPS) is 14.5. The molecule has 13 heteroatoms. The fourth-order valence-corrected chi connectivity index (χ4v) is 3.93. The Hall–Kier alpha value is -3.13. The molecule has 1 aromatic heterocycles. The molecule has 0 fully saturated rings. The van der Waals surface area contributed by atoms with Crippen LogP contribution in [0.3, 0.4) is 0 Å². The molecule has 0 amide bonds.